The van der Waals surface area contributed by atoms with Crippen molar-refractivity contribution in [3.05, 3.63) is 53.2 Å². The third kappa shape index (κ3) is 5.70. The fourth-order valence-corrected chi connectivity index (χ4v) is 3.52. The number of anilines is 2. The van der Waals surface area contributed by atoms with Gasteiger partial charge in [-0.1, -0.05) is 23.7 Å². The minimum Gasteiger partial charge on any atom is -0.369 e. The van der Waals surface area contributed by atoms with Gasteiger partial charge in [0, 0.05) is 24.5 Å². The molecule has 0 saturated carbocycles. The van der Waals surface area contributed by atoms with Gasteiger partial charge in [-0.05, 0) is 55.5 Å². The second kappa shape index (κ2) is 9.55. The molecule has 1 aromatic heterocycles. The van der Waals surface area contributed by atoms with Crippen molar-refractivity contribution in [2.75, 3.05) is 23.3 Å². The fourth-order valence-electron chi connectivity index (χ4n) is 3.39. The zero-order valence-corrected chi connectivity index (χ0v) is 16.5. The number of nitrogens with zero attached hydrogens (tertiary/aromatic N) is 2. The molecule has 2 amide bonds. The van der Waals surface area contributed by atoms with Crippen molar-refractivity contribution in [3.63, 3.8) is 0 Å². The number of primary amides is 1. The molecule has 1 aromatic carbocycles. The number of pyridine rings is 1. The first-order valence-corrected chi connectivity index (χ1v) is 9.93. The second-order valence-corrected chi connectivity index (χ2v) is 7.56. The molecule has 3 N–H and O–H groups in total. The Morgan fingerprint density at radius 2 is 2.00 bits per heavy atom. The van der Waals surface area contributed by atoms with Crippen LogP contribution in [0.5, 0.6) is 0 Å². The summed E-state index contributed by atoms with van der Waals surface area (Å²) in [7, 11) is 0. The lowest BCUT2D eigenvalue weighted by molar-refractivity contribution is -0.122. The summed E-state index contributed by atoms with van der Waals surface area (Å²) < 4.78 is 0. The topological polar surface area (TPSA) is 88.3 Å². The summed E-state index contributed by atoms with van der Waals surface area (Å²) in [5.41, 5.74) is 7.27. The highest BCUT2D eigenvalue weighted by Crippen LogP contribution is 2.22. The first-order chi connectivity index (χ1) is 13.5. The Morgan fingerprint density at radius 3 is 2.68 bits per heavy atom. The second-order valence-electron chi connectivity index (χ2n) is 7.12. The van der Waals surface area contributed by atoms with Gasteiger partial charge in [0.25, 0.3) is 0 Å². The number of benzene rings is 1. The molecule has 0 aliphatic carbocycles. The summed E-state index contributed by atoms with van der Waals surface area (Å²) in [5.74, 6) is 0.379. The molecule has 1 saturated heterocycles. The molecule has 0 spiro atoms. The van der Waals surface area contributed by atoms with Gasteiger partial charge in [0.05, 0.1) is 17.8 Å². The van der Waals surface area contributed by atoms with Crippen LogP contribution in [0, 0.1) is 5.92 Å². The molecule has 148 valence electrons. The normalized spacial score (nSPS) is 16.6. The quantitative estimate of drug-likeness (QED) is 0.745. The molecule has 0 radical (unpaired) electrons. The van der Waals surface area contributed by atoms with E-state index in [1.165, 1.54) is 5.56 Å². The lowest BCUT2D eigenvalue weighted by Crippen LogP contribution is -2.41. The molecule has 1 aliphatic rings. The minimum absolute atomic E-state index is 0.0321. The number of rotatable bonds is 7. The van der Waals surface area contributed by atoms with Crippen molar-refractivity contribution in [2.45, 2.75) is 32.1 Å². The number of carbonyl (C=O) groups excluding carboxylic acids is 2. The molecule has 0 bridgehead atoms. The van der Waals surface area contributed by atoms with E-state index >= 15 is 0 Å². The van der Waals surface area contributed by atoms with Crippen LogP contribution in [0.15, 0.2) is 42.6 Å². The molecule has 1 atom stereocenters. The van der Waals surface area contributed by atoms with E-state index in [1.807, 2.05) is 36.4 Å². The van der Waals surface area contributed by atoms with Crippen molar-refractivity contribution in [1.29, 1.82) is 0 Å². The Bertz CT molecular complexity index is 808. The molecule has 6 nitrogen and oxygen atoms in total. The Balaban J connectivity index is 1.46. The molecule has 28 heavy (non-hydrogen) atoms. The van der Waals surface area contributed by atoms with Crippen LogP contribution >= 0.6 is 11.6 Å². The number of aromatic nitrogens is 1. The maximum Gasteiger partial charge on any atom is 0.224 e. The maximum atomic E-state index is 12.1. The lowest BCUT2D eigenvalue weighted by atomic mass is 9.97. The number of aryl methyl sites for hydroxylation is 1. The van der Waals surface area contributed by atoms with Gasteiger partial charge < -0.3 is 16.0 Å². The Kier molecular flexibility index (Phi) is 6.87. The van der Waals surface area contributed by atoms with E-state index in [2.05, 4.69) is 15.2 Å². The highest BCUT2D eigenvalue weighted by atomic mass is 35.5. The summed E-state index contributed by atoms with van der Waals surface area (Å²) >= 11 is 5.87. The first-order valence-electron chi connectivity index (χ1n) is 9.56. The number of nitrogens with one attached hydrogen (secondary N) is 1. The average Bonchev–Trinajstić information content (AvgIpc) is 2.70. The van der Waals surface area contributed by atoms with Crippen LogP contribution in [0.4, 0.5) is 11.5 Å². The van der Waals surface area contributed by atoms with Crippen molar-refractivity contribution < 1.29 is 9.59 Å². The molecule has 1 fully saturated rings. The standard InChI is InChI=1S/C21H25ClN4O2/c22-17-8-6-15(7-9-17)3-1-5-20(27)25-18-10-11-19(24-13-18)26-12-2-4-16(14-26)21(23)28/h6-11,13,16H,1-5,12,14H2,(H2,23,28)(H,25,27). The monoisotopic (exact) mass is 400 g/mol. The molecular formula is C21H25ClN4O2. The number of hydrogen-bond acceptors (Lipinski definition) is 4. The Hall–Kier alpha value is -2.60. The SMILES string of the molecule is NC(=O)C1CCCN(c2ccc(NC(=O)CCCc3ccc(Cl)cc3)cn2)C1. The van der Waals surface area contributed by atoms with Crippen LogP contribution in [0.2, 0.25) is 5.02 Å². The van der Waals surface area contributed by atoms with Gasteiger partial charge in [0.15, 0.2) is 0 Å². The van der Waals surface area contributed by atoms with E-state index < -0.39 is 0 Å². The number of nitrogens with two attached hydrogens (primary N) is 1. The number of halogens is 1. The average molecular weight is 401 g/mol. The largest absolute Gasteiger partial charge is 0.369 e. The summed E-state index contributed by atoms with van der Waals surface area (Å²) in [5, 5.41) is 3.59. The highest BCUT2D eigenvalue weighted by Gasteiger charge is 2.24. The number of carbonyl (C=O) groups is 2. The van der Waals surface area contributed by atoms with Gasteiger partial charge in [-0.25, -0.2) is 4.98 Å². The maximum absolute atomic E-state index is 12.1. The minimum atomic E-state index is -0.257. The number of amides is 2. The summed E-state index contributed by atoms with van der Waals surface area (Å²) in [6.07, 6.45) is 5.44. The van der Waals surface area contributed by atoms with Gasteiger partial charge in [-0.3, -0.25) is 9.59 Å². The van der Waals surface area contributed by atoms with E-state index in [4.69, 9.17) is 17.3 Å². The van der Waals surface area contributed by atoms with Crippen LogP contribution in [-0.4, -0.2) is 29.9 Å². The van der Waals surface area contributed by atoms with Crippen molar-refractivity contribution >= 4 is 34.9 Å². The van der Waals surface area contributed by atoms with Crippen LogP contribution in [0.25, 0.3) is 0 Å². The van der Waals surface area contributed by atoms with E-state index in [-0.39, 0.29) is 17.7 Å². The zero-order chi connectivity index (χ0) is 19.9. The third-order valence-corrected chi connectivity index (χ3v) is 5.21. The Labute approximate surface area is 170 Å². The van der Waals surface area contributed by atoms with Crippen LogP contribution in [0.1, 0.15) is 31.2 Å². The third-order valence-electron chi connectivity index (χ3n) is 4.96. The van der Waals surface area contributed by atoms with Crippen LogP contribution in [0.3, 0.4) is 0 Å². The van der Waals surface area contributed by atoms with E-state index in [0.29, 0.717) is 23.7 Å². The van der Waals surface area contributed by atoms with Crippen LogP contribution in [-0.2, 0) is 16.0 Å². The van der Waals surface area contributed by atoms with Crippen molar-refractivity contribution in [3.8, 4) is 0 Å². The molecule has 7 heteroatoms. The van der Waals surface area contributed by atoms with E-state index in [9.17, 15) is 9.59 Å². The van der Waals surface area contributed by atoms with Crippen molar-refractivity contribution in [1.82, 2.24) is 4.98 Å². The molecule has 1 aliphatic heterocycles. The zero-order valence-electron chi connectivity index (χ0n) is 15.7. The molecular weight excluding hydrogens is 376 g/mol. The van der Waals surface area contributed by atoms with E-state index in [1.54, 1.807) is 6.20 Å². The number of piperidine rings is 1. The first kappa shape index (κ1) is 20.1. The van der Waals surface area contributed by atoms with Crippen molar-refractivity contribution in [2.24, 2.45) is 11.7 Å². The van der Waals surface area contributed by atoms with Gasteiger partial charge in [-0.2, -0.15) is 0 Å². The molecule has 2 heterocycles. The molecule has 3 rings (SSSR count). The van der Waals surface area contributed by atoms with E-state index in [0.717, 1.165) is 38.0 Å². The summed E-state index contributed by atoms with van der Waals surface area (Å²) in [6.45, 7) is 1.45. The predicted octanol–water partition coefficient (Wildman–Crippen LogP) is 3.40. The summed E-state index contributed by atoms with van der Waals surface area (Å²) in [4.78, 5) is 30.1. The smallest absolute Gasteiger partial charge is 0.224 e. The van der Waals surface area contributed by atoms with Gasteiger partial charge >= 0.3 is 0 Å². The van der Waals surface area contributed by atoms with Gasteiger partial charge in [-0.15, -0.1) is 0 Å². The number of hydrogen-bond donors (Lipinski definition) is 2. The molecule has 1 unspecified atom stereocenters. The van der Waals surface area contributed by atoms with Gasteiger partial charge in [0.2, 0.25) is 11.8 Å². The summed E-state index contributed by atoms with van der Waals surface area (Å²) in [6, 6.07) is 11.4. The highest BCUT2D eigenvalue weighted by molar-refractivity contribution is 6.30. The fraction of sp³-hybridized carbons (Fsp3) is 0.381. The Morgan fingerprint density at radius 1 is 1.21 bits per heavy atom. The van der Waals surface area contributed by atoms with Gasteiger partial charge in [0.1, 0.15) is 5.82 Å². The lowest BCUT2D eigenvalue weighted by Gasteiger charge is -2.32. The van der Waals surface area contributed by atoms with Crippen LogP contribution < -0.4 is 16.0 Å². The predicted molar refractivity (Wildman–Crippen MR) is 111 cm³/mol. The molecule has 2 aromatic rings.